The van der Waals surface area contributed by atoms with Crippen LogP contribution in [0.15, 0.2) is 11.8 Å². The second-order valence-electron chi connectivity index (χ2n) is 9.05. The van der Waals surface area contributed by atoms with Gasteiger partial charge < -0.3 is 49.1 Å². The van der Waals surface area contributed by atoms with E-state index in [-0.39, 0.29) is 0 Å². The molecule has 0 aromatic heterocycles. The molecule has 1 fully saturated rings. The van der Waals surface area contributed by atoms with Gasteiger partial charge in [0.1, 0.15) is 23.9 Å². The molecule has 32 heavy (non-hydrogen) atoms. The summed E-state index contributed by atoms with van der Waals surface area (Å²) in [4.78, 5) is 11.1. The molecule has 0 spiro atoms. The molecule has 0 amide bonds. The Hall–Kier alpha value is -1.36. The molecule has 2 aliphatic rings. The Balaban J connectivity index is 2.22. The molecule has 13 nitrogen and oxygen atoms in total. The van der Waals surface area contributed by atoms with E-state index in [2.05, 4.69) is 0 Å². The van der Waals surface area contributed by atoms with Crippen molar-refractivity contribution in [1.29, 1.82) is 0 Å². The zero-order chi connectivity index (χ0) is 24.7. The van der Waals surface area contributed by atoms with E-state index in [0.717, 1.165) is 6.08 Å². The molecule has 0 aromatic carbocycles. The number of hydrogen-bond acceptors (Lipinski definition) is 12. The average Bonchev–Trinajstić information content (AvgIpc) is 2.65. The van der Waals surface area contributed by atoms with Crippen molar-refractivity contribution in [2.75, 3.05) is 19.8 Å². The first kappa shape index (κ1) is 26.9. The number of aliphatic carboxylic acids is 1. The van der Waals surface area contributed by atoms with Crippen LogP contribution in [0.1, 0.15) is 27.7 Å². The Morgan fingerprint density at radius 2 is 1.78 bits per heavy atom. The standard InChI is InChI=1S/C18H31NO12S/c1-16(2)12(19-32(26,27)28)14(23)17(3,11(6-20)31-16)7-29-8-18(4)13(22)9(21)5-10(30-18)15(24)25/h5,9,11-14,19-23H,6-8H2,1-4H3,(H,24,25)(H,26,27,28)/p-2/t9-,11?,12?,13?,14+,17-,18-/m1/s1. The quantitative estimate of drug-likeness (QED) is 0.209. The van der Waals surface area contributed by atoms with Gasteiger partial charge in [0.05, 0.1) is 43.7 Å². The summed E-state index contributed by atoms with van der Waals surface area (Å²) in [5.41, 5.74) is -4.53. The summed E-state index contributed by atoms with van der Waals surface area (Å²) in [5.74, 6) is -2.40. The lowest BCUT2D eigenvalue weighted by Gasteiger charge is -2.54. The number of carboxylic acids is 1. The molecule has 0 saturated carbocycles. The summed E-state index contributed by atoms with van der Waals surface area (Å²) in [7, 11) is -4.97. The third-order valence-electron chi connectivity index (χ3n) is 5.98. The Kier molecular flexibility index (Phi) is 7.66. The van der Waals surface area contributed by atoms with Crippen molar-refractivity contribution in [1.82, 2.24) is 4.72 Å². The first-order valence-corrected chi connectivity index (χ1v) is 11.1. The highest BCUT2D eigenvalue weighted by molar-refractivity contribution is 7.83. The smallest absolute Gasteiger partial charge is 0.159 e. The monoisotopic (exact) mass is 483 g/mol. The van der Waals surface area contributed by atoms with Crippen molar-refractivity contribution in [3.8, 4) is 0 Å². The van der Waals surface area contributed by atoms with Gasteiger partial charge in [0.2, 0.25) is 0 Å². The Morgan fingerprint density at radius 1 is 1.19 bits per heavy atom. The van der Waals surface area contributed by atoms with E-state index in [1.807, 2.05) is 0 Å². The maximum atomic E-state index is 11.3. The van der Waals surface area contributed by atoms with E-state index in [1.54, 1.807) is 4.72 Å². The van der Waals surface area contributed by atoms with E-state index in [9.17, 15) is 43.3 Å². The highest BCUT2D eigenvalue weighted by atomic mass is 32.2. The van der Waals surface area contributed by atoms with E-state index in [4.69, 9.17) is 14.2 Å². The maximum absolute atomic E-state index is 11.3. The zero-order valence-electron chi connectivity index (χ0n) is 18.0. The van der Waals surface area contributed by atoms with Gasteiger partial charge in [-0.15, -0.1) is 0 Å². The number of rotatable bonds is 8. The molecule has 0 radical (unpaired) electrons. The van der Waals surface area contributed by atoms with Crippen molar-refractivity contribution >= 4 is 16.3 Å². The molecule has 186 valence electrons. The molecule has 7 atom stereocenters. The van der Waals surface area contributed by atoms with Gasteiger partial charge in [0, 0.05) is 5.41 Å². The van der Waals surface area contributed by atoms with Gasteiger partial charge in [0.15, 0.2) is 15.9 Å². The van der Waals surface area contributed by atoms with Crippen molar-refractivity contribution < 1.29 is 57.5 Å². The van der Waals surface area contributed by atoms with E-state index < -0.39 is 88.9 Å². The molecule has 1 saturated heterocycles. The van der Waals surface area contributed by atoms with Crippen LogP contribution in [0, 0.1) is 5.41 Å². The summed E-state index contributed by atoms with van der Waals surface area (Å²) >= 11 is 0. The van der Waals surface area contributed by atoms with Crippen molar-refractivity contribution in [3.63, 3.8) is 0 Å². The van der Waals surface area contributed by atoms with E-state index in [0.29, 0.717) is 0 Å². The van der Waals surface area contributed by atoms with Crippen LogP contribution in [0.5, 0.6) is 0 Å². The van der Waals surface area contributed by atoms with Crippen LogP contribution in [0.25, 0.3) is 0 Å². The van der Waals surface area contributed by atoms with Crippen LogP contribution in [-0.4, -0.2) is 101 Å². The topological polar surface area (TPSA) is 218 Å². The molecule has 2 rings (SSSR count). The van der Waals surface area contributed by atoms with E-state index in [1.165, 1.54) is 27.7 Å². The predicted octanol–water partition coefficient (Wildman–Crippen LogP) is -3.90. The first-order chi connectivity index (χ1) is 14.5. The minimum absolute atomic E-state index is 0.390. The lowest BCUT2D eigenvalue weighted by Crippen LogP contribution is -2.70. The van der Waals surface area contributed by atoms with Crippen LogP contribution in [0.4, 0.5) is 0 Å². The Morgan fingerprint density at radius 3 is 2.28 bits per heavy atom. The third-order valence-corrected chi connectivity index (χ3v) is 6.52. The molecule has 2 heterocycles. The van der Waals surface area contributed by atoms with Crippen molar-refractivity contribution in [3.05, 3.63) is 11.8 Å². The van der Waals surface area contributed by atoms with Gasteiger partial charge in [0.25, 0.3) is 0 Å². The SMILES string of the molecule is CC1(C)OC(CO)[C@@](C)(COC[C@@]2(C)OC(C(=O)[O-])=C[C@@H](O)C2O)[C@@H](O)C1NS(=O)(=O)[O-]. The second-order valence-corrected chi connectivity index (χ2v) is 10.2. The minimum atomic E-state index is -4.97. The summed E-state index contributed by atoms with van der Waals surface area (Å²) in [6, 6.07) is -1.39. The number of ether oxygens (including phenoxy) is 3. The number of aliphatic hydroxyl groups is 4. The fraction of sp³-hybridized carbons (Fsp3) is 0.833. The molecule has 0 aliphatic carbocycles. The van der Waals surface area contributed by atoms with Gasteiger partial charge in [-0.25, -0.2) is 13.1 Å². The van der Waals surface area contributed by atoms with Crippen LogP contribution < -0.4 is 9.83 Å². The number of nitrogens with one attached hydrogen (secondary N) is 1. The summed E-state index contributed by atoms with van der Waals surface area (Å²) in [6.07, 6.45) is -4.97. The van der Waals surface area contributed by atoms with Crippen LogP contribution >= 0.6 is 0 Å². The fourth-order valence-corrected chi connectivity index (χ4v) is 4.69. The van der Waals surface area contributed by atoms with Crippen LogP contribution in [0.2, 0.25) is 0 Å². The normalized spacial score (nSPS) is 39.8. The van der Waals surface area contributed by atoms with Crippen LogP contribution in [0.3, 0.4) is 0 Å². The lowest BCUT2D eigenvalue weighted by molar-refractivity contribution is -0.307. The minimum Gasteiger partial charge on any atom is -0.735 e. The van der Waals surface area contributed by atoms with Gasteiger partial charge in [-0.1, -0.05) is 6.92 Å². The number of carbonyl (C=O) groups excluding carboxylic acids is 1. The zero-order valence-corrected chi connectivity index (χ0v) is 18.9. The summed E-state index contributed by atoms with van der Waals surface area (Å²) in [6.45, 7) is 4.14. The van der Waals surface area contributed by atoms with Crippen molar-refractivity contribution in [2.24, 2.45) is 5.41 Å². The molecule has 5 N–H and O–H groups in total. The van der Waals surface area contributed by atoms with Gasteiger partial charge in [-0.2, -0.15) is 0 Å². The molecular weight excluding hydrogens is 454 g/mol. The summed E-state index contributed by atoms with van der Waals surface area (Å²) < 4.78 is 52.2. The predicted molar refractivity (Wildman–Crippen MR) is 102 cm³/mol. The van der Waals surface area contributed by atoms with Crippen LogP contribution in [-0.2, 0) is 29.3 Å². The highest BCUT2D eigenvalue weighted by Gasteiger charge is 2.56. The third kappa shape index (κ3) is 5.40. The van der Waals surface area contributed by atoms with Gasteiger partial charge >= 0.3 is 0 Å². The largest absolute Gasteiger partial charge is 0.735 e. The molecule has 3 unspecified atom stereocenters. The molecule has 0 aromatic rings. The number of hydrogen-bond donors (Lipinski definition) is 5. The second kappa shape index (κ2) is 9.12. The number of carboxylic acid groups (broad SMARTS) is 1. The lowest BCUT2D eigenvalue weighted by atomic mass is 9.70. The molecule has 2 aliphatic heterocycles. The van der Waals surface area contributed by atoms with Gasteiger partial charge in [-0.3, -0.25) is 0 Å². The summed E-state index contributed by atoms with van der Waals surface area (Å²) in [5, 5.41) is 52.0. The fourth-order valence-electron chi connectivity index (χ4n) is 3.96. The maximum Gasteiger partial charge on any atom is 0.159 e. The average molecular weight is 483 g/mol. The highest BCUT2D eigenvalue weighted by Crippen LogP contribution is 2.42. The molecule has 0 bridgehead atoms. The number of aliphatic hydroxyl groups excluding tert-OH is 4. The van der Waals surface area contributed by atoms with E-state index >= 15 is 0 Å². The molecule has 14 heteroatoms. The molecular formula is C18H29NO12S-2. The first-order valence-electron chi connectivity index (χ1n) is 9.73. The number of carbonyl (C=O) groups is 1. The Labute approximate surface area is 185 Å². The van der Waals surface area contributed by atoms with Crippen molar-refractivity contribution in [2.45, 2.75) is 69.4 Å². The Bertz CT molecular complexity index is 845. The van der Waals surface area contributed by atoms with Gasteiger partial charge in [-0.05, 0) is 26.8 Å².